The van der Waals surface area contributed by atoms with Crippen molar-refractivity contribution in [1.82, 2.24) is 0 Å². The van der Waals surface area contributed by atoms with E-state index < -0.39 is 0 Å². The van der Waals surface area contributed by atoms with Crippen molar-refractivity contribution in [3.8, 4) is 0 Å². The first-order valence-electron chi connectivity index (χ1n) is 14.7. The molecular weight excluding hydrogens is 420 g/mol. The molecule has 3 nitrogen and oxygen atoms in total. The molecule has 0 amide bonds. The quantitative estimate of drug-likeness (QED) is 0.265. The molecule has 4 aliphatic carbocycles. The summed E-state index contributed by atoms with van der Waals surface area (Å²) in [5.74, 6) is 5.58. The van der Waals surface area contributed by atoms with Gasteiger partial charge in [0.2, 0.25) is 0 Å². The maximum absolute atomic E-state index is 12.1. The molecular formula is C31H52O3. The maximum atomic E-state index is 12.1. The molecule has 0 N–H and O–H groups in total. The number of esters is 1. The van der Waals surface area contributed by atoms with Crippen LogP contribution in [0.2, 0.25) is 0 Å². The second-order valence-corrected chi connectivity index (χ2v) is 14.0. The van der Waals surface area contributed by atoms with E-state index in [0.29, 0.717) is 16.7 Å². The predicted octanol–water partition coefficient (Wildman–Crippen LogP) is 8.00. The van der Waals surface area contributed by atoms with Gasteiger partial charge >= 0.3 is 5.97 Å². The summed E-state index contributed by atoms with van der Waals surface area (Å²) < 4.78 is 5.75. The van der Waals surface area contributed by atoms with E-state index in [-0.39, 0.29) is 24.3 Å². The van der Waals surface area contributed by atoms with Crippen LogP contribution in [0.5, 0.6) is 0 Å². The molecule has 194 valence electrons. The van der Waals surface area contributed by atoms with E-state index in [9.17, 15) is 9.59 Å². The smallest absolute Gasteiger partial charge is 0.313 e. The lowest BCUT2D eigenvalue weighted by molar-refractivity contribution is -0.163. The Balaban J connectivity index is 1.39. The summed E-state index contributed by atoms with van der Waals surface area (Å²) in [6.07, 6.45) is 15.8. The van der Waals surface area contributed by atoms with E-state index in [1.165, 1.54) is 71.1 Å². The largest absolute Gasteiger partial charge is 0.462 e. The van der Waals surface area contributed by atoms with Gasteiger partial charge in [-0.2, -0.15) is 0 Å². The Morgan fingerprint density at radius 2 is 1.59 bits per heavy atom. The summed E-state index contributed by atoms with van der Waals surface area (Å²) >= 11 is 0. The lowest BCUT2D eigenvalue weighted by atomic mass is 9.44. The minimum atomic E-state index is -0.317. The highest BCUT2D eigenvalue weighted by Crippen LogP contribution is 2.68. The third kappa shape index (κ3) is 5.01. The Kier molecular flexibility index (Phi) is 7.90. The van der Waals surface area contributed by atoms with Crippen molar-refractivity contribution in [2.45, 2.75) is 131 Å². The summed E-state index contributed by atoms with van der Waals surface area (Å²) in [4.78, 5) is 23.4. The van der Waals surface area contributed by atoms with Crippen LogP contribution in [0, 0.1) is 52.3 Å². The molecule has 0 unspecified atom stereocenters. The van der Waals surface area contributed by atoms with Gasteiger partial charge in [0.25, 0.3) is 0 Å². The van der Waals surface area contributed by atoms with Crippen molar-refractivity contribution in [3.63, 3.8) is 0 Å². The predicted molar refractivity (Wildman–Crippen MR) is 138 cm³/mol. The molecule has 34 heavy (non-hydrogen) atoms. The van der Waals surface area contributed by atoms with Crippen LogP contribution >= 0.6 is 0 Å². The Hall–Kier alpha value is -0.860. The van der Waals surface area contributed by atoms with Gasteiger partial charge in [0, 0.05) is 0 Å². The van der Waals surface area contributed by atoms with Crippen molar-refractivity contribution in [2.75, 3.05) is 0 Å². The van der Waals surface area contributed by atoms with Crippen molar-refractivity contribution in [1.29, 1.82) is 0 Å². The van der Waals surface area contributed by atoms with Crippen LogP contribution in [-0.2, 0) is 14.3 Å². The van der Waals surface area contributed by atoms with Crippen LogP contribution in [-0.4, -0.2) is 17.9 Å². The van der Waals surface area contributed by atoms with E-state index in [2.05, 4.69) is 34.6 Å². The van der Waals surface area contributed by atoms with E-state index in [1.54, 1.807) is 0 Å². The molecule has 0 heterocycles. The molecule has 0 aromatic rings. The fraction of sp³-hybridized carbons (Fsp3) is 0.935. The standard InChI is InChI=1S/C31H52O3/c1-20(2)8-7-9-21(3)26-12-13-27-25-11-10-23-19-24(34-29(33)18-22(4)32)14-16-30(23,5)28(25)15-17-31(26,27)6/h20-21,23-28H,7-19H2,1-6H3/t21-,23-,24-,25+,26-,27-,28+,30-,31+/m0/s1. The molecule has 0 radical (unpaired) electrons. The highest BCUT2D eigenvalue weighted by Gasteiger charge is 2.60. The van der Waals surface area contributed by atoms with Gasteiger partial charge < -0.3 is 4.74 Å². The molecule has 0 aliphatic heterocycles. The zero-order valence-electron chi connectivity index (χ0n) is 23.0. The van der Waals surface area contributed by atoms with Crippen molar-refractivity contribution in [3.05, 3.63) is 0 Å². The lowest BCUT2D eigenvalue weighted by Gasteiger charge is -2.61. The average Bonchev–Trinajstić information content (AvgIpc) is 3.10. The van der Waals surface area contributed by atoms with Crippen molar-refractivity contribution >= 4 is 11.8 Å². The Morgan fingerprint density at radius 3 is 2.29 bits per heavy atom. The summed E-state index contributed by atoms with van der Waals surface area (Å²) in [5, 5.41) is 0. The van der Waals surface area contributed by atoms with Crippen molar-refractivity contribution in [2.24, 2.45) is 52.3 Å². The fourth-order valence-electron chi connectivity index (χ4n) is 9.78. The van der Waals surface area contributed by atoms with Gasteiger partial charge in [-0.25, -0.2) is 0 Å². The number of carbonyl (C=O) groups is 2. The topological polar surface area (TPSA) is 43.4 Å². The normalized spacial score (nSPS) is 42.4. The van der Waals surface area contributed by atoms with Crippen LogP contribution in [0.15, 0.2) is 0 Å². The summed E-state index contributed by atoms with van der Waals surface area (Å²) in [5.41, 5.74) is 0.968. The second kappa shape index (κ2) is 10.3. The molecule has 0 aromatic carbocycles. The average molecular weight is 473 g/mol. The summed E-state index contributed by atoms with van der Waals surface area (Å²) in [6, 6.07) is 0. The van der Waals surface area contributed by atoms with Gasteiger partial charge in [-0.3, -0.25) is 9.59 Å². The zero-order chi connectivity index (χ0) is 24.7. The number of rotatable bonds is 8. The highest BCUT2D eigenvalue weighted by molar-refractivity contribution is 5.94. The Bertz CT molecular complexity index is 743. The molecule has 0 aromatic heterocycles. The van der Waals surface area contributed by atoms with Crippen LogP contribution in [0.3, 0.4) is 0 Å². The van der Waals surface area contributed by atoms with Gasteiger partial charge in [0.05, 0.1) is 0 Å². The van der Waals surface area contributed by atoms with Crippen LogP contribution in [0.1, 0.15) is 125 Å². The third-order valence-corrected chi connectivity index (χ3v) is 11.5. The molecule has 9 atom stereocenters. The number of carbonyl (C=O) groups excluding carboxylic acids is 2. The van der Waals surface area contributed by atoms with Gasteiger partial charge in [-0.1, -0.05) is 53.9 Å². The van der Waals surface area contributed by atoms with Crippen LogP contribution in [0.25, 0.3) is 0 Å². The number of hydrogen-bond acceptors (Lipinski definition) is 3. The number of ketones is 1. The maximum Gasteiger partial charge on any atom is 0.313 e. The molecule has 0 spiro atoms. The van der Waals surface area contributed by atoms with Crippen molar-refractivity contribution < 1.29 is 14.3 Å². The van der Waals surface area contributed by atoms with Crippen LogP contribution < -0.4 is 0 Å². The number of fused-ring (bicyclic) bond motifs is 5. The summed E-state index contributed by atoms with van der Waals surface area (Å²) in [7, 11) is 0. The highest BCUT2D eigenvalue weighted by atomic mass is 16.5. The SMILES string of the molecule is CC(=O)CC(=O)O[C@H]1CC[C@@]2(C)[C@@H](CC[C@H]3[C@H]2CC[C@@]2(C)[C@H]3CC[C@H]2[C@@H](C)CCCC(C)C)C1. The number of ether oxygens (including phenoxy) is 1. The Labute approximate surface area is 209 Å². The molecule has 0 saturated heterocycles. The van der Waals surface area contributed by atoms with Crippen LogP contribution in [0.4, 0.5) is 0 Å². The monoisotopic (exact) mass is 472 g/mol. The molecule has 4 rings (SSSR count). The molecule has 0 bridgehead atoms. The van der Waals surface area contributed by atoms with Gasteiger partial charge in [0.1, 0.15) is 18.3 Å². The number of hydrogen-bond donors (Lipinski definition) is 0. The minimum Gasteiger partial charge on any atom is -0.462 e. The van der Waals surface area contributed by atoms with Gasteiger partial charge in [-0.05, 0) is 117 Å². The molecule has 3 heteroatoms. The van der Waals surface area contributed by atoms with Gasteiger partial charge in [-0.15, -0.1) is 0 Å². The summed E-state index contributed by atoms with van der Waals surface area (Å²) in [6.45, 7) is 14.0. The first-order valence-corrected chi connectivity index (χ1v) is 14.7. The van der Waals surface area contributed by atoms with E-state index in [0.717, 1.165) is 48.3 Å². The Morgan fingerprint density at radius 1 is 0.882 bits per heavy atom. The first kappa shape index (κ1) is 26.2. The molecule has 4 fully saturated rings. The molecule has 4 saturated carbocycles. The zero-order valence-corrected chi connectivity index (χ0v) is 23.0. The van der Waals surface area contributed by atoms with E-state index >= 15 is 0 Å². The van der Waals surface area contributed by atoms with E-state index in [1.807, 2.05) is 0 Å². The second-order valence-electron chi connectivity index (χ2n) is 14.0. The number of Topliss-reactive ketones (excluding diaryl/α,β-unsaturated/α-hetero) is 1. The van der Waals surface area contributed by atoms with E-state index in [4.69, 9.17) is 4.74 Å². The third-order valence-electron chi connectivity index (χ3n) is 11.5. The van der Waals surface area contributed by atoms with Gasteiger partial charge in [0.15, 0.2) is 0 Å². The molecule has 4 aliphatic rings. The lowest BCUT2D eigenvalue weighted by Crippen LogP contribution is -2.54. The fourth-order valence-corrected chi connectivity index (χ4v) is 9.78. The minimum absolute atomic E-state index is 0.0258. The first-order chi connectivity index (χ1) is 16.0.